The van der Waals surface area contributed by atoms with Crippen LogP contribution in [0.3, 0.4) is 0 Å². The van der Waals surface area contributed by atoms with E-state index in [2.05, 4.69) is 103 Å². The third-order valence-electron chi connectivity index (χ3n) is 9.52. The highest BCUT2D eigenvalue weighted by Crippen LogP contribution is 2.44. The maximum Gasteiger partial charge on any atom is 0.145 e. The van der Waals surface area contributed by atoms with E-state index in [9.17, 15) is 10.5 Å². The molecular weight excluding hydrogens is 576 g/mol. The minimum Gasteiger partial charge on any atom is -0.455 e. The predicted octanol–water partition coefficient (Wildman–Crippen LogP) is 10.8. The number of furan rings is 1. The van der Waals surface area contributed by atoms with Crippen LogP contribution < -0.4 is 0 Å². The number of hydrogen-bond donors (Lipinski definition) is 0. The van der Waals surface area contributed by atoms with Crippen LogP contribution in [0.2, 0.25) is 0 Å². The van der Waals surface area contributed by atoms with Crippen molar-refractivity contribution in [2.45, 2.75) is 26.2 Å². The van der Waals surface area contributed by atoms with E-state index >= 15 is 0 Å². The van der Waals surface area contributed by atoms with Gasteiger partial charge in [0.1, 0.15) is 17.2 Å². The predicted molar refractivity (Wildman–Crippen MR) is 191 cm³/mol. The summed E-state index contributed by atoms with van der Waals surface area (Å²) in [5.74, 6) is 0. The zero-order chi connectivity index (χ0) is 32.0. The lowest BCUT2D eigenvalue weighted by Gasteiger charge is -2.20. The molecule has 0 N–H and O–H groups in total. The number of nitriles is 2. The second kappa shape index (κ2) is 9.60. The Morgan fingerprint density at radius 3 is 1.89 bits per heavy atom. The van der Waals surface area contributed by atoms with Gasteiger partial charge in [0.2, 0.25) is 0 Å². The van der Waals surface area contributed by atoms with Gasteiger partial charge in [-0.05, 0) is 65.6 Å². The van der Waals surface area contributed by atoms with Crippen molar-refractivity contribution >= 4 is 65.6 Å². The summed E-state index contributed by atoms with van der Waals surface area (Å²) < 4.78 is 11.0. The van der Waals surface area contributed by atoms with E-state index in [-0.39, 0.29) is 5.41 Å². The van der Waals surface area contributed by atoms with Gasteiger partial charge in [-0.3, -0.25) is 0 Å². The fraction of sp³-hybridized carbons (Fsp3) is 0.0952. The van der Waals surface area contributed by atoms with Crippen LogP contribution in [0.25, 0.3) is 76.9 Å². The quantitative estimate of drug-likeness (QED) is 0.197. The molecule has 3 heterocycles. The summed E-state index contributed by atoms with van der Waals surface area (Å²) in [4.78, 5) is 0. The van der Waals surface area contributed by atoms with Crippen molar-refractivity contribution in [2.24, 2.45) is 0 Å². The molecule has 0 aliphatic heterocycles. The Morgan fingerprint density at radius 2 is 1.21 bits per heavy atom. The van der Waals surface area contributed by atoms with Crippen molar-refractivity contribution in [1.82, 2.24) is 9.13 Å². The van der Waals surface area contributed by atoms with E-state index in [1.165, 1.54) is 5.56 Å². The first kappa shape index (κ1) is 27.0. The van der Waals surface area contributed by atoms with Crippen molar-refractivity contribution in [3.8, 4) is 23.5 Å². The van der Waals surface area contributed by atoms with Gasteiger partial charge in [-0.25, -0.2) is 0 Å². The third-order valence-corrected chi connectivity index (χ3v) is 9.52. The van der Waals surface area contributed by atoms with Crippen molar-refractivity contribution in [3.05, 3.63) is 132 Å². The fourth-order valence-corrected chi connectivity index (χ4v) is 7.35. The van der Waals surface area contributed by atoms with E-state index in [1.54, 1.807) is 6.07 Å². The summed E-state index contributed by atoms with van der Waals surface area (Å²) in [6, 6.07) is 44.0. The van der Waals surface area contributed by atoms with Crippen LogP contribution in [0.5, 0.6) is 0 Å². The van der Waals surface area contributed by atoms with Gasteiger partial charge in [-0.1, -0.05) is 81.4 Å². The van der Waals surface area contributed by atoms with E-state index < -0.39 is 0 Å². The first-order chi connectivity index (χ1) is 22.9. The van der Waals surface area contributed by atoms with Gasteiger partial charge in [0, 0.05) is 26.9 Å². The van der Waals surface area contributed by atoms with Gasteiger partial charge in [0.25, 0.3) is 0 Å². The highest BCUT2D eigenvalue weighted by Gasteiger charge is 2.26. The molecule has 0 saturated carbocycles. The lowest BCUT2D eigenvalue weighted by molar-refractivity contribution is 0.591. The van der Waals surface area contributed by atoms with Crippen LogP contribution in [0.15, 0.2) is 120 Å². The number of hydrogen-bond acceptors (Lipinski definition) is 3. The van der Waals surface area contributed by atoms with E-state index in [0.717, 1.165) is 76.9 Å². The van der Waals surface area contributed by atoms with E-state index in [4.69, 9.17) is 4.42 Å². The molecule has 0 saturated heterocycles. The molecule has 0 bridgehead atoms. The largest absolute Gasteiger partial charge is 0.455 e. The van der Waals surface area contributed by atoms with Crippen LogP contribution in [-0.4, -0.2) is 9.13 Å². The summed E-state index contributed by atoms with van der Waals surface area (Å²) in [5, 5.41) is 27.3. The molecule has 9 aromatic rings. The molecule has 5 heteroatoms. The minimum atomic E-state index is -0.0762. The molecule has 9 rings (SSSR count). The number of aromatic nitrogens is 2. The Labute approximate surface area is 270 Å². The van der Waals surface area contributed by atoms with Crippen LogP contribution in [0.1, 0.15) is 37.5 Å². The SMILES string of the molecule is CC(C)(C)c1ccc2c(c1)c1c3oc4ccccc4c3ccc1n2-c1cc(C#N)cc(C#N)c1-n1c2ccccc2c2ccccc21. The van der Waals surface area contributed by atoms with Gasteiger partial charge in [-0.15, -0.1) is 0 Å². The van der Waals surface area contributed by atoms with Crippen molar-refractivity contribution in [1.29, 1.82) is 10.5 Å². The van der Waals surface area contributed by atoms with Gasteiger partial charge in [0.15, 0.2) is 0 Å². The van der Waals surface area contributed by atoms with Crippen LogP contribution in [0.4, 0.5) is 0 Å². The standard InChI is InChI=1S/C42H28N4O/c1-42(2,3)27-16-18-35-32(22-27)39-36(19-17-31-30-12-6-9-15-38(30)47-41(31)39)45(35)37-21-25(23-43)20-26(24-44)40(37)46-33-13-7-4-10-28(33)29-11-5-8-14-34(29)46/h4-22H,1-3H3. The molecule has 47 heavy (non-hydrogen) atoms. The average Bonchev–Trinajstić information content (AvgIpc) is 3.74. The molecule has 0 aliphatic carbocycles. The molecule has 0 unspecified atom stereocenters. The number of nitrogens with zero attached hydrogens (tertiary/aromatic N) is 4. The number of fused-ring (bicyclic) bond motifs is 10. The fourth-order valence-electron chi connectivity index (χ4n) is 7.35. The number of rotatable bonds is 2. The third kappa shape index (κ3) is 3.75. The Balaban J connectivity index is 1.51. The first-order valence-electron chi connectivity index (χ1n) is 15.7. The highest BCUT2D eigenvalue weighted by molar-refractivity contribution is 6.24. The van der Waals surface area contributed by atoms with Crippen molar-refractivity contribution in [2.75, 3.05) is 0 Å². The molecule has 0 amide bonds. The van der Waals surface area contributed by atoms with Crippen molar-refractivity contribution in [3.63, 3.8) is 0 Å². The van der Waals surface area contributed by atoms with Crippen molar-refractivity contribution < 1.29 is 4.42 Å². The molecular formula is C42H28N4O. The molecule has 0 fully saturated rings. The topological polar surface area (TPSA) is 70.6 Å². The lowest BCUT2D eigenvalue weighted by atomic mass is 9.86. The van der Waals surface area contributed by atoms with Gasteiger partial charge in [-0.2, -0.15) is 10.5 Å². The molecule has 0 spiro atoms. The summed E-state index contributed by atoms with van der Waals surface area (Å²) >= 11 is 0. The highest BCUT2D eigenvalue weighted by atomic mass is 16.3. The summed E-state index contributed by atoms with van der Waals surface area (Å²) in [5.41, 5.74) is 9.04. The number of benzene rings is 6. The molecule has 0 atom stereocenters. The monoisotopic (exact) mass is 604 g/mol. The smallest absolute Gasteiger partial charge is 0.145 e. The Kier molecular flexibility index (Phi) is 5.52. The second-order valence-corrected chi connectivity index (χ2v) is 13.2. The van der Waals surface area contributed by atoms with Crippen LogP contribution in [-0.2, 0) is 5.41 Å². The Bertz CT molecular complexity index is 2800. The molecule has 0 aliphatic rings. The molecule has 222 valence electrons. The van der Waals surface area contributed by atoms with E-state index in [0.29, 0.717) is 11.1 Å². The minimum absolute atomic E-state index is 0.0762. The maximum atomic E-state index is 10.7. The Hall–Kier alpha value is -6.30. The lowest BCUT2D eigenvalue weighted by Crippen LogP contribution is -2.10. The van der Waals surface area contributed by atoms with Crippen LogP contribution in [0, 0.1) is 22.7 Å². The normalized spacial score (nSPS) is 12.1. The average molecular weight is 605 g/mol. The zero-order valence-corrected chi connectivity index (χ0v) is 26.2. The molecule has 0 radical (unpaired) electrons. The number of para-hydroxylation sites is 3. The first-order valence-corrected chi connectivity index (χ1v) is 15.7. The van der Waals surface area contributed by atoms with Gasteiger partial charge < -0.3 is 13.6 Å². The Morgan fingerprint density at radius 1 is 0.574 bits per heavy atom. The summed E-state index contributed by atoms with van der Waals surface area (Å²) in [6.45, 7) is 6.67. The maximum absolute atomic E-state index is 10.7. The molecule has 3 aromatic heterocycles. The second-order valence-electron chi connectivity index (χ2n) is 13.2. The summed E-state index contributed by atoms with van der Waals surface area (Å²) in [7, 11) is 0. The van der Waals surface area contributed by atoms with Gasteiger partial charge in [0.05, 0.1) is 56.0 Å². The molecule has 5 nitrogen and oxygen atoms in total. The zero-order valence-electron chi connectivity index (χ0n) is 26.2. The summed E-state index contributed by atoms with van der Waals surface area (Å²) in [6.07, 6.45) is 0. The van der Waals surface area contributed by atoms with E-state index in [1.807, 2.05) is 48.5 Å². The van der Waals surface area contributed by atoms with Crippen LogP contribution >= 0.6 is 0 Å². The van der Waals surface area contributed by atoms with Gasteiger partial charge >= 0.3 is 0 Å². The molecule has 6 aromatic carbocycles.